The van der Waals surface area contributed by atoms with Crippen molar-refractivity contribution in [1.82, 2.24) is 20.3 Å². The molecule has 96 valence electrons. The molecule has 0 saturated carbocycles. The van der Waals surface area contributed by atoms with E-state index in [0.29, 0.717) is 17.1 Å². The highest BCUT2D eigenvalue weighted by molar-refractivity contribution is 6.30. The summed E-state index contributed by atoms with van der Waals surface area (Å²) in [5, 5.41) is 11.3. The summed E-state index contributed by atoms with van der Waals surface area (Å²) in [6, 6.07) is 4.57. The van der Waals surface area contributed by atoms with Crippen molar-refractivity contribution < 1.29 is 4.39 Å². The van der Waals surface area contributed by atoms with Crippen LogP contribution in [0.2, 0.25) is 5.02 Å². The molecular formula is C12H14ClFN4. The summed E-state index contributed by atoms with van der Waals surface area (Å²) in [5.74, 6) is -0.233. The van der Waals surface area contributed by atoms with Crippen LogP contribution in [0.1, 0.15) is 12.0 Å². The van der Waals surface area contributed by atoms with Crippen molar-refractivity contribution in [2.75, 3.05) is 6.54 Å². The molecule has 6 heteroatoms. The van der Waals surface area contributed by atoms with Gasteiger partial charge in [0.2, 0.25) is 0 Å². The Morgan fingerprint density at radius 2 is 2.28 bits per heavy atom. The normalized spacial score (nSPS) is 10.8. The average molecular weight is 269 g/mol. The van der Waals surface area contributed by atoms with Gasteiger partial charge in [-0.25, -0.2) is 4.39 Å². The van der Waals surface area contributed by atoms with Gasteiger partial charge in [0.15, 0.2) is 0 Å². The molecule has 0 bridgehead atoms. The quantitative estimate of drug-likeness (QED) is 0.817. The van der Waals surface area contributed by atoms with E-state index in [1.165, 1.54) is 6.07 Å². The van der Waals surface area contributed by atoms with E-state index in [2.05, 4.69) is 15.6 Å². The highest BCUT2D eigenvalue weighted by Gasteiger charge is 2.02. The molecule has 1 aromatic carbocycles. The Labute approximate surface area is 110 Å². The highest BCUT2D eigenvalue weighted by Crippen LogP contribution is 2.14. The summed E-state index contributed by atoms with van der Waals surface area (Å²) in [5.41, 5.74) is 0.586. The number of hydrogen-bond acceptors (Lipinski definition) is 3. The summed E-state index contributed by atoms with van der Waals surface area (Å²) < 4.78 is 15.1. The third-order valence-corrected chi connectivity index (χ3v) is 2.77. The van der Waals surface area contributed by atoms with Gasteiger partial charge in [0.05, 0.1) is 6.20 Å². The van der Waals surface area contributed by atoms with Crippen molar-refractivity contribution in [1.29, 1.82) is 0 Å². The molecule has 0 atom stereocenters. The number of nitrogens with one attached hydrogen (secondary N) is 1. The molecule has 1 N–H and O–H groups in total. The van der Waals surface area contributed by atoms with Crippen molar-refractivity contribution in [2.24, 2.45) is 0 Å². The molecule has 2 rings (SSSR count). The van der Waals surface area contributed by atoms with Crippen LogP contribution < -0.4 is 5.32 Å². The van der Waals surface area contributed by atoms with Gasteiger partial charge in [-0.3, -0.25) is 4.68 Å². The van der Waals surface area contributed by atoms with Crippen LogP contribution in [0.5, 0.6) is 0 Å². The van der Waals surface area contributed by atoms with Crippen molar-refractivity contribution in [3.05, 3.63) is 47.0 Å². The molecule has 1 heterocycles. The Hall–Kier alpha value is -1.46. The van der Waals surface area contributed by atoms with E-state index in [1.54, 1.807) is 23.0 Å². The van der Waals surface area contributed by atoms with Crippen molar-refractivity contribution in [3.8, 4) is 0 Å². The number of nitrogens with zero attached hydrogens (tertiary/aromatic N) is 3. The zero-order valence-corrected chi connectivity index (χ0v) is 10.6. The second-order valence-corrected chi connectivity index (χ2v) is 4.37. The maximum Gasteiger partial charge on any atom is 0.127 e. The standard InChI is InChI=1S/C12H14ClFN4/c13-11-2-3-12(14)10(8-11)9-15-4-1-6-18-7-5-16-17-18/h2-3,5,7-8,15H,1,4,6,9H2. The van der Waals surface area contributed by atoms with Crippen LogP contribution >= 0.6 is 11.6 Å². The number of benzene rings is 1. The maximum atomic E-state index is 13.4. The van der Waals surface area contributed by atoms with Crippen LogP contribution in [-0.4, -0.2) is 21.5 Å². The number of rotatable bonds is 6. The second kappa shape index (κ2) is 6.47. The van der Waals surface area contributed by atoms with Gasteiger partial charge in [-0.2, -0.15) is 0 Å². The molecule has 0 fully saturated rings. The molecule has 0 aliphatic heterocycles. The zero-order valence-electron chi connectivity index (χ0n) is 9.81. The second-order valence-electron chi connectivity index (χ2n) is 3.93. The first kappa shape index (κ1) is 13.0. The predicted molar refractivity (Wildman–Crippen MR) is 67.8 cm³/mol. The smallest absolute Gasteiger partial charge is 0.127 e. The third-order valence-electron chi connectivity index (χ3n) is 2.54. The van der Waals surface area contributed by atoms with E-state index in [9.17, 15) is 4.39 Å². The van der Waals surface area contributed by atoms with Crippen molar-refractivity contribution in [2.45, 2.75) is 19.5 Å². The van der Waals surface area contributed by atoms with Gasteiger partial charge in [-0.15, -0.1) is 5.10 Å². The van der Waals surface area contributed by atoms with E-state index in [4.69, 9.17) is 11.6 Å². The van der Waals surface area contributed by atoms with Crippen molar-refractivity contribution >= 4 is 11.6 Å². The van der Waals surface area contributed by atoms with E-state index < -0.39 is 0 Å². The number of halogens is 2. The van der Waals surface area contributed by atoms with E-state index in [-0.39, 0.29) is 5.82 Å². The van der Waals surface area contributed by atoms with Crippen LogP contribution in [-0.2, 0) is 13.1 Å². The summed E-state index contributed by atoms with van der Waals surface area (Å²) in [6.07, 6.45) is 4.37. The maximum absolute atomic E-state index is 13.4. The first-order chi connectivity index (χ1) is 8.75. The largest absolute Gasteiger partial charge is 0.312 e. The lowest BCUT2D eigenvalue weighted by atomic mass is 10.2. The summed E-state index contributed by atoms with van der Waals surface area (Å²) >= 11 is 5.81. The minimum absolute atomic E-state index is 0.233. The molecule has 0 spiro atoms. The molecule has 0 amide bonds. The highest BCUT2D eigenvalue weighted by atomic mass is 35.5. The SMILES string of the molecule is Fc1ccc(Cl)cc1CNCCCn1ccnn1. The van der Waals surface area contributed by atoms with E-state index in [1.807, 2.05) is 6.20 Å². The van der Waals surface area contributed by atoms with Gasteiger partial charge in [0.1, 0.15) is 5.82 Å². The molecule has 4 nitrogen and oxygen atoms in total. The first-order valence-corrected chi connectivity index (χ1v) is 6.12. The minimum Gasteiger partial charge on any atom is -0.312 e. The zero-order chi connectivity index (χ0) is 12.8. The van der Waals surface area contributed by atoms with Gasteiger partial charge in [-0.1, -0.05) is 16.8 Å². The fourth-order valence-corrected chi connectivity index (χ4v) is 1.81. The van der Waals surface area contributed by atoms with Crippen LogP contribution in [0, 0.1) is 5.82 Å². The number of hydrogen-bond donors (Lipinski definition) is 1. The first-order valence-electron chi connectivity index (χ1n) is 5.74. The summed E-state index contributed by atoms with van der Waals surface area (Å²) in [6.45, 7) is 2.06. The van der Waals surface area contributed by atoms with Gasteiger partial charge in [0.25, 0.3) is 0 Å². The predicted octanol–water partition coefficient (Wildman–Crippen LogP) is 2.25. The summed E-state index contributed by atoms with van der Waals surface area (Å²) in [7, 11) is 0. The number of aryl methyl sites for hydroxylation is 1. The summed E-state index contributed by atoms with van der Waals surface area (Å²) in [4.78, 5) is 0. The van der Waals surface area contributed by atoms with Gasteiger partial charge in [-0.05, 0) is 31.2 Å². The monoisotopic (exact) mass is 268 g/mol. The van der Waals surface area contributed by atoms with Crippen LogP contribution in [0.4, 0.5) is 4.39 Å². The fraction of sp³-hybridized carbons (Fsp3) is 0.333. The molecule has 0 unspecified atom stereocenters. The Kier molecular flexibility index (Phi) is 4.66. The van der Waals surface area contributed by atoms with Crippen LogP contribution in [0.3, 0.4) is 0 Å². The molecule has 0 aliphatic carbocycles. The lowest BCUT2D eigenvalue weighted by Crippen LogP contribution is -2.17. The van der Waals surface area contributed by atoms with Crippen molar-refractivity contribution in [3.63, 3.8) is 0 Å². The van der Waals surface area contributed by atoms with Crippen LogP contribution in [0.25, 0.3) is 0 Å². The van der Waals surface area contributed by atoms with E-state index in [0.717, 1.165) is 19.5 Å². The van der Waals surface area contributed by atoms with Gasteiger partial charge >= 0.3 is 0 Å². The number of aromatic nitrogens is 3. The molecule has 0 aliphatic rings. The van der Waals surface area contributed by atoms with Crippen LogP contribution in [0.15, 0.2) is 30.6 Å². The third kappa shape index (κ3) is 3.78. The molecule has 0 saturated heterocycles. The molecule has 2 aromatic rings. The Morgan fingerprint density at radius 1 is 1.39 bits per heavy atom. The average Bonchev–Trinajstić information content (AvgIpc) is 2.86. The molecule has 18 heavy (non-hydrogen) atoms. The lowest BCUT2D eigenvalue weighted by Gasteiger charge is -2.06. The van der Waals surface area contributed by atoms with Gasteiger partial charge < -0.3 is 5.32 Å². The Bertz CT molecular complexity index is 487. The minimum atomic E-state index is -0.233. The molecular weight excluding hydrogens is 255 g/mol. The Balaban J connectivity index is 1.70. The molecule has 0 radical (unpaired) electrons. The van der Waals surface area contributed by atoms with Gasteiger partial charge in [0, 0.05) is 29.9 Å². The molecule has 1 aromatic heterocycles. The topological polar surface area (TPSA) is 42.7 Å². The Morgan fingerprint density at radius 3 is 3.06 bits per heavy atom. The lowest BCUT2D eigenvalue weighted by molar-refractivity contribution is 0.523. The van der Waals surface area contributed by atoms with E-state index >= 15 is 0 Å². The fourth-order valence-electron chi connectivity index (χ4n) is 1.62.